The van der Waals surface area contributed by atoms with E-state index in [0.717, 1.165) is 32.1 Å². The zero-order valence-corrected chi connectivity index (χ0v) is 19.2. The number of hydrogen-bond donors (Lipinski definition) is 1. The molecule has 1 saturated heterocycles. The summed E-state index contributed by atoms with van der Waals surface area (Å²) >= 11 is 0. The zero-order chi connectivity index (χ0) is 22.4. The summed E-state index contributed by atoms with van der Waals surface area (Å²) in [6.07, 6.45) is 8.36. The largest absolute Gasteiger partial charge is 0.449 e. The van der Waals surface area contributed by atoms with Crippen molar-refractivity contribution >= 4 is 21.9 Å². The fourth-order valence-corrected chi connectivity index (χ4v) is 5.50. The molecule has 1 aliphatic carbocycles. The number of ether oxygens (including phenoxy) is 1. The quantitative estimate of drug-likeness (QED) is 0.486. The van der Waals surface area contributed by atoms with E-state index in [1.54, 1.807) is 13.0 Å². The van der Waals surface area contributed by atoms with E-state index in [1.165, 1.54) is 41.8 Å². The maximum atomic E-state index is 12.8. The number of allylic oxidation sites excluding steroid dienone is 1. The number of hydrogen-bond acceptors (Lipinski definition) is 5. The van der Waals surface area contributed by atoms with Gasteiger partial charge >= 0.3 is 5.97 Å². The van der Waals surface area contributed by atoms with Crippen molar-refractivity contribution in [3.05, 3.63) is 41.0 Å². The van der Waals surface area contributed by atoms with Crippen molar-refractivity contribution in [2.75, 3.05) is 19.6 Å². The van der Waals surface area contributed by atoms with Crippen LogP contribution in [0.1, 0.15) is 67.8 Å². The van der Waals surface area contributed by atoms with Gasteiger partial charge in [-0.2, -0.15) is 4.31 Å². The number of carbonyl (C=O) groups excluding carboxylic acids is 2. The van der Waals surface area contributed by atoms with Gasteiger partial charge in [-0.15, -0.1) is 0 Å². The first kappa shape index (κ1) is 23.5. The van der Waals surface area contributed by atoms with Crippen LogP contribution < -0.4 is 5.32 Å². The van der Waals surface area contributed by atoms with Crippen molar-refractivity contribution in [3.8, 4) is 0 Å². The van der Waals surface area contributed by atoms with Gasteiger partial charge in [0, 0.05) is 19.6 Å². The molecule has 2 aliphatic rings. The van der Waals surface area contributed by atoms with E-state index in [4.69, 9.17) is 4.74 Å². The molecule has 0 bridgehead atoms. The Morgan fingerprint density at radius 2 is 1.90 bits per heavy atom. The van der Waals surface area contributed by atoms with Crippen LogP contribution in [0.5, 0.6) is 0 Å². The Bertz CT molecular complexity index is 949. The van der Waals surface area contributed by atoms with Crippen LogP contribution in [-0.2, 0) is 19.6 Å². The minimum atomic E-state index is -3.64. The molecule has 1 N–H and O–H groups in total. The smallest absolute Gasteiger partial charge is 0.339 e. The SMILES string of the molecule is Cc1ccc(S(=O)(=O)N2CCCC2)cc1C(=O)O[C@@H](C)C(=O)NCCC1=CCCCC1. The van der Waals surface area contributed by atoms with Gasteiger partial charge in [0.2, 0.25) is 10.0 Å². The van der Waals surface area contributed by atoms with Crippen LogP contribution in [0.25, 0.3) is 0 Å². The highest BCUT2D eigenvalue weighted by atomic mass is 32.2. The molecule has 1 amide bonds. The van der Waals surface area contributed by atoms with Gasteiger partial charge in [-0.1, -0.05) is 17.7 Å². The molecule has 0 unspecified atom stereocenters. The second-order valence-corrected chi connectivity index (χ2v) is 10.2. The number of carbonyl (C=O) groups is 2. The molecule has 0 radical (unpaired) electrons. The Morgan fingerprint density at radius 1 is 1.16 bits per heavy atom. The predicted octanol–water partition coefficient (Wildman–Crippen LogP) is 3.33. The first-order valence-corrected chi connectivity index (χ1v) is 12.5. The molecule has 1 aromatic carbocycles. The maximum Gasteiger partial charge on any atom is 0.339 e. The van der Waals surface area contributed by atoms with Crippen molar-refractivity contribution in [1.82, 2.24) is 9.62 Å². The molecular formula is C23H32N2O5S. The highest BCUT2D eigenvalue weighted by molar-refractivity contribution is 7.89. The van der Waals surface area contributed by atoms with E-state index in [1.807, 2.05) is 0 Å². The Balaban J connectivity index is 1.60. The Morgan fingerprint density at radius 3 is 2.58 bits per heavy atom. The van der Waals surface area contributed by atoms with Crippen LogP contribution >= 0.6 is 0 Å². The molecule has 0 aromatic heterocycles. The number of benzene rings is 1. The molecule has 8 heteroatoms. The summed E-state index contributed by atoms with van der Waals surface area (Å²) < 4.78 is 32.4. The maximum absolute atomic E-state index is 12.8. The monoisotopic (exact) mass is 448 g/mol. The highest BCUT2D eigenvalue weighted by Gasteiger charge is 2.29. The number of sulfonamides is 1. The molecular weight excluding hydrogens is 416 g/mol. The first-order chi connectivity index (χ1) is 14.8. The lowest BCUT2D eigenvalue weighted by atomic mass is 9.97. The number of nitrogens with zero attached hydrogens (tertiary/aromatic N) is 1. The van der Waals surface area contributed by atoms with Crippen molar-refractivity contribution in [1.29, 1.82) is 0 Å². The number of aryl methyl sites for hydroxylation is 1. The van der Waals surface area contributed by atoms with Crippen LogP contribution in [0.2, 0.25) is 0 Å². The highest BCUT2D eigenvalue weighted by Crippen LogP contribution is 2.24. The average molecular weight is 449 g/mol. The summed E-state index contributed by atoms with van der Waals surface area (Å²) in [6, 6.07) is 4.46. The minimum absolute atomic E-state index is 0.0739. The molecule has 3 rings (SSSR count). The summed E-state index contributed by atoms with van der Waals surface area (Å²) in [5, 5.41) is 2.81. The Hall–Kier alpha value is -2.19. The summed E-state index contributed by atoms with van der Waals surface area (Å²) in [4.78, 5) is 25.1. The van der Waals surface area contributed by atoms with E-state index >= 15 is 0 Å². The summed E-state index contributed by atoms with van der Waals surface area (Å²) in [5.41, 5.74) is 2.12. The third kappa shape index (κ3) is 5.95. The van der Waals surface area contributed by atoms with Crippen molar-refractivity contribution in [3.63, 3.8) is 0 Å². The van der Waals surface area contributed by atoms with E-state index in [-0.39, 0.29) is 16.4 Å². The molecule has 31 heavy (non-hydrogen) atoms. The van der Waals surface area contributed by atoms with Gasteiger partial charge < -0.3 is 10.1 Å². The predicted molar refractivity (Wildman–Crippen MR) is 118 cm³/mol. The second-order valence-electron chi connectivity index (χ2n) is 8.28. The van der Waals surface area contributed by atoms with Gasteiger partial charge in [0.05, 0.1) is 10.5 Å². The molecule has 0 spiro atoms. The molecule has 1 aromatic rings. The van der Waals surface area contributed by atoms with Gasteiger partial charge in [-0.05, 0) is 76.5 Å². The Kier molecular flexibility index (Phi) is 7.89. The lowest BCUT2D eigenvalue weighted by Crippen LogP contribution is -2.36. The first-order valence-electron chi connectivity index (χ1n) is 11.1. The van der Waals surface area contributed by atoms with Gasteiger partial charge in [0.15, 0.2) is 6.10 Å². The number of nitrogens with one attached hydrogen (secondary N) is 1. The van der Waals surface area contributed by atoms with Crippen molar-refractivity contribution in [2.45, 2.75) is 69.8 Å². The number of esters is 1. The topological polar surface area (TPSA) is 92.8 Å². The lowest BCUT2D eigenvalue weighted by molar-refractivity contribution is -0.129. The van der Waals surface area contributed by atoms with E-state index in [0.29, 0.717) is 25.2 Å². The van der Waals surface area contributed by atoms with Crippen LogP contribution in [0.15, 0.2) is 34.7 Å². The third-order valence-corrected chi connectivity index (χ3v) is 7.81. The van der Waals surface area contributed by atoms with Crippen LogP contribution in [-0.4, -0.2) is 50.3 Å². The molecule has 1 aliphatic heterocycles. The molecule has 1 atom stereocenters. The normalized spacial score (nSPS) is 18.3. The van der Waals surface area contributed by atoms with Crippen LogP contribution in [0.4, 0.5) is 0 Å². The summed E-state index contributed by atoms with van der Waals surface area (Å²) in [7, 11) is -3.64. The molecule has 1 fully saturated rings. The molecule has 1 heterocycles. The molecule has 7 nitrogen and oxygen atoms in total. The third-order valence-electron chi connectivity index (χ3n) is 5.92. The summed E-state index contributed by atoms with van der Waals surface area (Å²) in [6.45, 7) is 4.72. The van der Waals surface area contributed by atoms with Gasteiger partial charge in [0.1, 0.15) is 0 Å². The standard InChI is InChI=1S/C23H32N2O5S/c1-17-10-11-20(31(28,29)25-14-6-7-15-25)16-21(17)23(27)30-18(2)22(26)24-13-12-19-8-4-3-5-9-19/h8,10-11,16,18H,3-7,9,12-15H2,1-2H3,(H,24,26)/t18-/m0/s1. The summed E-state index contributed by atoms with van der Waals surface area (Å²) in [5.74, 6) is -1.06. The van der Waals surface area contributed by atoms with E-state index in [2.05, 4.69) is 11.4 Å². The van der Waals surface area contributed by atoms with E-state index < -0.39 is 22.1 Å². The molecule has 170 valence electrons. The lowest BCUT2D eigenvalue weighted by Gasteiger charge is -2.18. The Labute approximate surface area is 184 Å². The fourth-order valence-electron chi connectivity index (χ4n) is 3.96. The van der Waals surface area contributed by atoms with Gasteiger partial charge in [-0.25, -0.2) is 13.2 Å². The van der Waals surface area contributed by atoms with Crippen LogP contribution in [0.3, 0.4) is 0 Å². The van der Waals surface area contributed by atoms with Gasteiger partial charge in [-0.3, -0.25) is 4.79 Å². The second kappa shape index (κ2) is 10.4. The fraction of sp³-hybridized carbons (Fsp3) is 0.565. The molecule has 0 saturated carbocycles. The number of amides is 1. The number of rotatable bonds is 8. The van der Waals surface area contributed by atoms with Crippen LogP contribution in [0, 0.1) is 6.92 Å². The van der Waals surface area contributed by atoms with Gasteiger partial charge in [0.25, 0.3) is 5.91 Å². The average Bonchev–Trinajstić information content (AvgIpc) is 3.30. The van der Waals surface area contributed by atoms with Crippen molar-refractivity contribution < 1.29 is 22.7 Å². The van der Waals surface area contributed by atoms with E-state index in [9.17, 15) is 18.0 Å². The van der Waals surface area contributed by atoms with Crippen molar-refractivity contribution in [2.24, 2.45) is 0 Å². The zero-order valence-electron chi connectivity index (χ0n) is 18.4. The minimum Gasteiger partial charge on any atom is -0.449 e.